The fourth-order valence-corrected chi connectivity index (χ4v) is 3.27. The standard InChI is InChI=1S/C18H27N3O3/c1-13(2)9-15(19)18(22)21-7-5-20(6-8-21)11-14-3-4-16-17(10-14)24-12-23-16/h3-4,10,13,15H,5-9,11-12,19H2,1-2H3/t15-/m0/s1. The number of hydrogen-bond donors (Lipinski definition) is 1. The summed E-state index contributed by atoms with van der Waals surface area (Å²) in [5.74, 6) is 2.16. The molecule has 1 amide bonds. The fourth-order valence-electron chi connectivity index (χ4n) is 3.27. The molecule has 0 spiro atoms. The van der Waals surface area contributed by atoms with Crippen LogP contribution in [0.2, 0.25) is 0 Å². The lowest BCUT2D eigenvalue weighted by Crippen LogP contribution is -2.53. The second-order valence-electron chi connectivity index (χ2n) is 7.03. The molecule has 2 N–H and O–H groups in total. The van der Waals surface area contributed by atoms with E-state index >= 15 is 0 Å². The van der Waals surface area contributed by atoms with Crippen molar-refractivity contribution in [3.63, 3.8) is 0 Å². The molecular formula is C18H27N3O3. The van der Waals surface area contributed by atoms with E-state index in [0.717, 1.165) is 50.6 Å². The molecule has 2 aliphatic rings. The number of rotatable bonds is 5. The molecule has 0 aliphatic carbocycles. The van der Waals surface area contributed by atoms with Crippen LogP contribution in [0.15, 0.2) is 18.2 Å². The highest BCUT2D eigenvalue weighted by molar-refractivity contribution is 5.81. The van der Waals surface area contributed by atoms with Crippen molar-refractivity contribution in [3.8, 4) is 11.5 Å². The summed E-state index contributed by atoms with van der Waals surface area (Å²) in [4.78, 5) is 16.6. The second-order valence-corrected chi connectivity index (χ2v) is 7.03. The van der Waals surface area contributed by atoms with Crippen molar-refractivity contribution in [2.24, 2.45) is 11.7 Å². The molecule has 1 aromatic rings. The van der Waals surface area contributed by atoms with Gasteiger partial charge in [0.2, 0.25) is 12.7 Å². The van der Waals surface area contributed by atoms with E-state index in [2.05, 4.69) is 24.8 Å². The molecule has 1 saturated heterocycles. The number of nitrogens with two attached hydrogens (primary N) is 1. The highest BCUT2D eigenvalue weighted by Gasteiger charge is 2.26. The minimum Gasteiger partial charge on any atom is -0.454 e. The van der Waals surface area contributed by atoms with Crippen LogP contribution < -0.4 is 15.2 Å². The van der Waals surface area contributed by atoms with Gasteiger partial charge in [0.05, 0.1) is 6.04 Å². The number of carbonyl (C=O) groups is 1. The van der Waals surface area contributed by atoms with E-state index in [1.165, 1.54) is 5.56 Å². The third kappa shape index (κ3) is 3.99. The Morgan fingerprint density at radius 2 is 1.88 bits per heavy atom. The van der Waals surface area contributed by atoms with E-state index in [1.54, 1.807) is 0 Å². The Bertz CT molecular complexity index is 583. The SMILES string of the molecule is CC(C)C[C@H](N)C(=O)N1CCN(Cc2ccc3c(c2)OCO3)CC1. The molecule has 2 aliphatic heterocycles. The van der Waals surface area contributed by atoms with E-state index in [-0.39, 0.29) is 11.9 Å². The Morgan fingerprint density at radius 3 is 2.58 bits per heavy atom. The summed E-state index contributed by atoms with van der Waals surface area (Å²) in [5, 5.41) is 0. The third-order valence-corrected chi connectivity index (χ3v) is 4.57. The Hall–Kier alpha value is -1.79. The minimum absolute atomic E-state index is 0.0893. The van der Waals surface area contributed by atoms with Crippen LogP contribution in [0.4, 0.5) is 0 Å². The average molecular weight is 333 g/mol. The van der Waals surface area contributed by atoms with Gasteiger partial charge in [0.1, 0.15) is 0 Å². The van der Waals surface area contributed by atoms with Crippen LogP contribution in [0, 0.1) is 5.92 Å². The Labute approximate surface area is 143 Å². The van der Waals surface area contributed by atoms with Crippen molar-refractivity contribution in [1.29, 1.82) is 0 Å². The molecule has 24 heavy (non-hydrogen) atoms. The van der Waals surface area contributed by atoms with Gasteiger partial charge < -0.3 is 20.1 Å². The number of ether oxygens (including phenoxy) is 2. The third-order valence-electron chi connectivity index (χ3n) is 4.57. The molecule has 1 aromatic carbocycles. The van der Waals surface area contributed by atoms with E-state index in [4.69, 9.17) is 15.2 Å². The maximum absolute atomic E-state index is 12.4. The predicted molar refractivity (Wildman–Crippen MR) is 91.9 cm³/mol. The molecule has 6 nitrogen and oxygen atoms in total. The quantitative estimate of drug-likeness (QED) is 0.883. The summed E-state index contributed by atoms with van der Waals surface area (Å²) in [6, 6.07) is 5.70. The zero-order valence-corrected chi connectivity index (χ0v) is 14.5. The van der Waals surface area contributed by atoms with Crippen LogP contribution in [0.25, 0.3) is 0 Å². The van der Waals surface area contributed by atoms with Crippen LogP contribution in [-0.4, -0.2) is 54.7 Å². The largest absolute Gasteiger partial charge is 0.454 e. The topological polar surface area (TPSA) is 68.0 Å². The lowest BCUT2D eigenvalue weighted by atomic mass is 10.0. The molecule has 2 heterocycles. The average Bonchev–Trinajstić information content (AvgIpc) is 3.02. The number of benzene rings is 1. The highest BCUT2D eigenvalue weighted by Crippen LogP contribution is 2.32. The molecule has 6 heteroatoms. The lowest BCUT2D eigenvalue weighted by molar-refractivity contribution is -0.134. The van der Waals surface area contributed by atoms with Gasteiger partial charge in [-0.25, -0.2) is 0 Å². The molecule has 0 saturated carbocycles. The summed E-state index contributed by atoms with van der Waals surface area (Å²) >= 11 is 0. The van der Waals surface area contributed by atoms with Gasteiger partial charge in [-0.3, -0.25) is 9.69 Å². The normalized spacial score (nSPS) is 18.9. The van der Waals surface area contributed by atoms with Gasteiger partial charge in [0.25, 0.3) is 0 Å². The Kier molecular flexibility index (Phi) is 5.26. The second kappa shape index (κ2) is 7.40. The molecule has 0 aromatic heterocycles. The van der Waals surface area contributed by atoms with Crippen molar-refractivity contribution in [1.82, 2.24) is 9.80 Å². The van der Waals surface area contributed by atoms with Crippen LogP contribution >= 0.6 is 0 Å². The lowest BCUT2D eigenvalue weighted by Gasteiger charge is -2.36. The smallest absolute Gasteiger partial charge is 0.239 e. The molecule has 0 unspecified atom stereocenters. The minimum atomic E-state index is -0.370. The van der Waals surface area contributed by atoms with Gasteiger partial charge in [0, 0.05) is 32.7 Å². The first-order valence-corrected chi connectivity index (χ1v) is 8.68. The molecule has 1 atom stereocenters. The predicted octanol–water partition coefficient (Wildman–Crippen LogP) is 1.43. The van der Waals surface area contributed by atoms with E-state index in [0.29, 0.717) is 12.7 Å². The number of amides is 1. The van der Waals surface area contributed by atoms with Crippen LogP contribution in [0.3, 0.4) is 0 Å². The van der Waals surface area contributed by atoms with Crippen molar-refractivity contribution < 1.29 is 14.3 Å². The van der Waals surface area contributed by atoms with Gasteiger partial charge in [-0.05, 0) is 30.0 Å². The van der Waals surface area contributed by atoms with Gasteiger partial charge in [-0.2, -0.15) is 0 Å². The number of hydrogen-bond acceptors (Lipinski definition) is 5. The van der Waals surface area contributed by atoms with E-state index < -0.39 is 0 Å². The van der Waals surface area contributed by atoms with E-state index in [9.17, 15) is 4.79 Å². The summed E-state index contributed by atoms with van der Waals surface area (Å²) in [7, 11) is 0. The van der Waals surface area contributed by atoms with Crippen molar-refractivity contribution >= 4 is 5.91 Å². The first-order chi connectivity index (χ1) is 11.5. The van der Waals surface area contributed by atoms with Gasteiger partial charge in [-0.15, -0.1) is 0 Å². The maximum Gasteiger partial charge on any atom is 0.239 e. The zero-order chi connectivity index (χ0) is 17.1. The zero-order valence-electron chi connectivity index (χ0n) is 14.5. The van der Waals surface area contributed by atoms with Crippen molar-refractivity contribution in [2.45, 2.75) is 32.9 Å². The molecule has 3 rings (SSSR count). The molecule has 0 radical (unpaired) electrons. The number of carbonyl (C=O) groups excluding carboxylic acids is 1. The fraction of sp³-hybridized carbons (Fsp3) is 0.611. The summed E-state index contributed by atoms with van der Waals surface area (Å²) in [5.41, 5.74) is 7.23. The Balaban J connectivity index is 1.49. The van der Waals surface area contributed by atoms with E-state index in [1.807, 2.05) is 17.0 Å². The summed E-state index contributed by atoms with van der Waals surface area (Å²) in [6.07, 6.45) is 0.746. The van der Waals surface area contributed by atoms with Gasteiger partial charge >= 0.3 is 0 Å². The van der Waals surface area contributed by atoms with Crippen molar-refractivity contribution in [2.75, 3.05) is 33.0 Å². The monoisotopic (exact) mass is 333 g/mol. The highest BCUT2D eigenvalue weighted by atomic mass is 16.7. The van der Waals surface area contributed by atoms with Crippen LogP contribution in [0.1, 0.15) is 25.8 Å². The number of nitrogens with zero attached hydrogens (tertiary/aromatic N) is 2. The van der Waals surface area contributed by atoms with Crippen LogP contribution in [-0.2, 0) is 11.3 Å². The number of fused-ring (bicyclic) bond motifs is 1. The molecule has 132 valence electrons. The maximum atomic E-state index is 12.4. The summed E-state index contributed by atoms with van der Waals surface area (Å²) < 4.78 is 10.8. The molecule has 1 fully saturated rings. The number of piperazine rings is 1. The summed E-state index contributed by atoms with van der Waals surface area (Å²) in [6.45, 7) is 8.58. The van der Waals surface area contributed by atoms with Gasteiger partial charge in [0.15, 0.2) is 11.5 Å². The Morgan fingerprint density at radius 1 is 1.17 bits per heavy atom. The van der Waals surface area contributed by atoms with Crippen molar-refractivity contribution in [3.05, 3.63) is 23.8 Å². The first-order valence-electron chi connectivity index (χ1n) is 8.68. The van der Waals surface area contributed by atoms with Gasteiger partial charge in [-0.1, -0.05) is 19.9 Å². The van der Waals surface area contributed by atoms with Crippen LogP contribution in [0.5, 0.6) is 11.5 Å². The first kappa shape index (κ1) is 17.0. The molecule has 0 bridgehead atoms. The molecular weight excluding hydrogens is 306 g/mol.